The Balaban J connectivity index is 2.57. The van der Waals surface area contributed by atoms with Crippen molar-refractivity contribution in [1.82, 2.24) is 4.72 Å². The lowest BCUT2D eigenvalue weighted by Crippen LogP contribution is -2.29. The summed E-state index contributed by atoms with van der Waals surface area (Å²) in [4.78, 5) is 0. The van der Waals surface area contributed by atoms with Crippen molar-refractivity contribution in [3.63, 3.8) is 0 Å². The van der Waals surface area contributed by atoms with Crippen LogP contribution in [0.25, 0.3) is 0 Å². The molecule has 0 aromatic heterocycles. The summed E-state index contributed by atoms with van der Waals surface area (Å²) in [5.41, 5.74) is 0.998. The maximum Gasteiger partial charge on any atom is 0.212 e. The largest absolute Gasteiger partial charge is 0.214 e. The summed E-state index contributed by atoms with van der Waals surface area (Å²) >= 11 is 0. The molecule has 1 aromatic rings. The highest BCUT2D eigenvalue weighted by atomic mass is 32.2. The molecule has 17 heavy (non-hydrogen) atoms. The molecule has 0 fully saturated rings. The highest BCUT2D eigenvalue weighted by Crippen LogP contribution is 2.16. The molecule has 1 N–H and O–H groups in total. The SMILES string of the molecule is CC(CS(=O)(=O)NCCC#N)c1ccccc1. The van der Waals surface area contributed by atoms with Crippen LogP contribution >= 0.6 is 0 Å². The van der Waals surface area contributed by atoms with Gasteiger partial charge >= 0.3 is 0 Å². The van der Waals surface area contributed by atoms with Gasteiger partial charge in [0.2, 0.25) is 10.0 Å². The van der Waals surface area contributed by atoms with Gasteiger partial charge in [-0.25, -0.2) is 13.1 Å². The Labute approximate surface area is 102 Å². The lowest BCUT2D eigenvalue weighted by atomic mass is 10.0. The molecule has 0 saturated carbocycles. The number of hydrogen-bond donors (Lipinski definition) is 1. The van der Waals surface area contributed by atoms with Gasteiger partial charge in [-0.2, -0.15) is 5.26 Å². The zero-order valence-corrected chi connectivity index (χ0v) is 10.6. The van der Waals surface area contributed by atoms with Gasteiger partial charge in [0, 0.05) is 13.0 Å². The third-order valence-electron chi connectivity index (χ3n) is 2.40. The van der Waals surface area contributed by atoms with E-state index in [0.717, 1.165) is 5.56 Å². The van der Waals surface area contributed by atoms with Crippen LogP contribution in [0.15, 0.2) is 30.3 Å². The number of nitrogens with zero attached hydrogens (tertiary/aromatic N) is 1. The van der Waals surface area contributed by atoms with E-state index in [2.05, 4.69) is 4.72 Å². The topological polar surface area (TPSA) is 70.0 Å². The van der Waals surface area contributed by atoms with Crippen LogP contribution in [-0.2, 0) is 10.0 Å². The summed E-state index contributed by atoms with van der Waals surface area (Å²) in [6.45, 7) is 2.05. The van der Waals surface area contributed by atoms with E-state index in [-0.39, 0.29) is 24.6 Å². The molecular weight excluding hydrogens is 236 g/mol. The smallest absolute Gasteiger partial charge is 0.212 e. The van der Waals surface area contributed by atoms with E-state index in [4.69, 9.17) is 5.26 Å². The van der Waals surface area contributed by atoms with Crippen molar-refractivity contribution in [3.8, 4) is 6.07 Å². The van der Waals surface area contributed by atoms with Gasteiger partial charge in [-0.05, 0) is 11.5 Å². The van der Waals surface area contributed by atoms with Crippen molar-refractivity contribution < 1.29 is 8.42 Å². The van der Waals surface area contributed by atoms with Crippen LogP contribution in [-0.4, -0.2) is 20.7 Å². The van der Waals surface area contributed by atoms with Crippen molar-refractivity contribution in [1.29, 1.82) is 5.26 Å². The summed E-state index contributed by atoms with van der Waals surface area (Å²) in [6, 6.07) is 11.4. The fourth-order valence-electron chi connectivity index (χ4n) is 1.53. The van der Waals surface area contributed by atoms with Crippen LogP contribution in [0.3, 0.4) is 0 Å². The minimum Gasteiger partial charge on any atom is -0.214 e. The minimum atomic E-state index is -3.30. The first kappa shape index (κ1) is 13.7. The van der Waals surface area contributed by atoms with Crippen molar-refractivity contribution in [3.05, 3.63) is 35.9 Å². The van der Waals surface area contributed by atoms with E-state index >= 15 is 0 Å². The minimum absolute atomic E-state index is 0.0441. The van der Waals surface area contributed by atoms with E-state index in [1.54, 1.807) is 0 Å². The van der Waals surface area contributed by atoms with Crippen LogP contribution in [0.1, 0.15) is 24.8 Å². The van der Waals surface area contributed by atoms with Crippen LogP contribution in [0.5, 0.6) is 0 Å². The molecule has 0 bridgehead atoms. The first-order valence-corrected chi connectivity index (χ1v) is 7.09. The Kier molecular flexibility index (Phi) is 5.13. The molecule has 0 spiro atoms. The lowest BCUT2D eigenvalue weighted by molar-refractivity contribution is 0.577. The van der Waals surface area contributed by atoms with Crippen LogP contribution < -0.4 is 4.72 Å². The van der Waals surface area contributed by atoms with Gasteiger partial charge in [0.15, 0.2) is 0 Å². The van der Waals surface area contributed by atoms with E-state index in [1.807, 2.05) is 43.3 Å². The lowest BCUT2D eigenvalue weighted by Gasteiger charge is -2.12. The third kappa shape index (κ3) is 4.98. The number of rotatable bonds is 6. The molecule has 0 saturated heterocycles. The Morgan fingerprint density at radius 3 is 2.59 bits per heavy atom. The summed E-state index contributed by atoms with van der Waals surface area (Å²) < 4.78 is 25.7. The zero-order valence-electron chi connectivity index (χ0n) is 9.76. The quantitative estimate of drug-likeness (QED) is 0.782. The van der Waals surface area contributed by atoms with Gasteiger partial charge < -0.3 is 0 Å². The predicted molar refractivity (Wildman–Crippen MR) is 66.9 cm³/mol. The molecule has 0 aliphatic carbocycles. The maximum absolute atomic E-state index is 11.7. The van der Waals surface area contributed by atoms with Gasteiger partial charge in [-0.1, -0.05) is 37.3 Å². The molecular formula is C12H16N2O2S. The number of hydrogen-bond acceptors (Lipinski definition) is 3. The third-order valence-corrected chi connectivity index (χ3v) is 3.98. The number of sulfonamides is 1. The number of nitrogens with one attached hydrogen (secondary N) is 1. The molecule has 1 rings (SSSR count). The van der Waals surface area contributed by atoms with E-state index < -0.39 is 10.0 Å². The summed E-state index contributed by atoms with van der Waals surface area (Å²) in [5, 5.41) is 8.34. The number of nitriles is 1. The van der Waals surface area contributed by atoms with Crippen molar-refractivity contribution in [2.45, 2.75) is 19.3 Å². The molecule has 1 aromatic carbocycles. The van der Waals surface area contributed by atoms with Gasteiger partial charge in [-0.3, -0.25) is 0 Å². The average molecular weight is 252 g/mol. The molecule has 5 heteroatoms. The molecule has 4 nitrogen and oxygen atoms in total. The zero-order chi connectivity index (χ0) is 12.7. The van der Waals surface area contributed by atoms with E-state index in [9.17, 15) is 8.42 Å². The van der Waals surface area contributed by atoms with Crippen molar-refractivity contribution in [2.24, 2.45) is 0 Å². The second-order valence-corrected chi connectivity index (χ2v) is 5.75. The Hall–Kier alpha value is -1.38. The summed E-state index contributed by atoms with van der Waals surface area (Å²) in [6.07, 6.45) is 0.193. The van der Waals surface area contributed by atoms with Crippen molar-refractivity contribution >= 4 is 10.0 Å². The standard InChI is InChI=1S/C12H16N2O2S/c1-11(12-6-3-2-4-7-12)10-17(15,16)14-9-5-8-13/h2-4,6-7,11,14H,5,9-10H2,1H3. The van der Waals surface area contributed by atoms with Gasteiger partial charge in [-0.15, -0.1) is 0 Å². The molecule has 0 aliphatic rings. The highest BCUT2D eigenvalue weighted by molar-refractivity contribution is 7.89. The second kappa shape index (κ2) is 6.38. The maximum atomic E-state index is 11.7. The van der Waals surface area contributed by atoms with Crippen LogP contribution in [0, 0.1) is 11.3 Å². The Morgan fingerprint density at radius 1 is 1.35 bits per heavy atom. The van der Waals surface area contributed by atoms with Gasteiger partial charge in [0.1, 0.15) is 0 Å². The first-order valence-electron chi connectivity index (χ1n) is 5.44. The molecule has 1 atom stereocenters. The van der Waals surface area contributed by atoms with Gasteiger partial charge in [0.05, 0.1) is 11.8 Å². The normalized spacial score (nSPS) is 12.9. The number of benzene rings is 1. The van der Waals surface area contributed by atoms with Crippen molar-refractivity contribution in [2.75, 3.05) is 12.3 Å². The van der Waals surface area contributed by atoms with Crippen LogP contribution in [0.4, 0.5) is 0 Å². The highest BCUT2D eigenvalue weighted by Gasteiger charge is 2.16. The fraction of sp³-hybridized carbons (Fsp3) is 0.417. The summed E-state index contributed by atoms with van der Waals surface area (Å²) in [7, 11) is -3.30. The first-order chi connectivity index (χ1) is 8.05. The molecule has 0 aliphatic heterocycles. The molecule has 0 heterocycles. The predicted octanol–water partition coefficient (Wildman–Crippen LogP) is 1.62. The van der Waals surface area contributed by atoms with E-state index in [1.165, 1.54) is 0 Å². The Morgan fingerprint density at radius 2 is 2.00 bits per heavy atom. The van der Waals surface area contributed by atoms with Gasteiger partial charge in [0.25, 0.3) is 0 Å². The monoisotopic (exact) mass is 252 g/mol. The Bertz CT molecular complexity index is 477. The fourth-order valence-corrected chi connectivity index (χ4v) is 2.91. The molecule has 0 amide bonds. The molecule has 0 radical (unpaired) electrons. The van der Waals surface area contributed by atoms with Crippen LogP contribution in [0.2, 0.25) is 0 Å². The van der Waals surface area contributed by atoms with E-state index in [0.29, 0.717) is 0 Å². The second-order valence-electron chi connectivity index (χ2n) is 3.90. The summed E-state index contributed by atoms with van der Waals surface area (Å²) in [5.74, 6) is -0.0154. The molecule has 1 unspecified atom stereocenters. The molecule has 92 valence electrons. The average Bonchev–Trinajstić information content (AvgIpc) is 2.30.